The van der Waals surface area contributed by atoms with E-state index in [0.717, 1.165) is 11.8 Å². The second kappa shape index (κ2) is 9.93. The number of furan rings is 1. The van der Waals surface area contributed by atoms with Crippen molar-refractivity contribution in [2.45, 2.75) is 5.22 Å². The summed E-state index contributed by atoms with van der Waals surface area (Å²) in [4.78, 5) is 11.7. The lowest BCUT2D eigenvalue weighted by molar-refractivity contribution is -0.131. The SMILES string of the molecule is COc1ccc(Cl)cc1-c1nnc(S/C(=C\c2ccc(-c3ccc(Cl)c(Cl)c3)o2)C(=O)O)o1. The minimum Gasteiger partial charge on any atom is -0.496 e. The molecule has 2 aromatic heterocycles. The molecule has 0 unspecified atom stereocenters. The first-order valence-corrected chi connectivity index (χ1v) is 11.1. The standard InChI is InChI=1S/C22H13Cl3N2O5S/c1-30-18-6-3-12(23)9-14(18)20-26-27-22(32-20)33-19(21(28)29)10-13-4-7-17(31-13)11-2-5-15(24)16(25)8-11/h2-10H,1H3,(H,28,29)/b19-10-. The lowest BCUT2D eigenvalue weighted by Gasteiger charge is -2.04. The molecule has 2 heterocycles. The number of benzene rings is 2. The number of ether oxygens (including phenoxy) is 1. The Morgan fingerprint density at radius 1 is 1.03 bits per heavy atom. The third-order valence-corrected chi connectivity index (χ3v) is 6.14. The molecule has 11 heteroatoms. The summed E-state index contributed by atoms with van der Waals surface area (Å²) in [6.07, 6.45) is 1.36. The van der Waals surface area contributed by atoms with Gasteiger partial charge in [0, 0.05) is 16.7 Å². The van der Waals surface area contributed by atoms with E-state index in [1.807, 2.05) is 0 Å². The Morgan fingerprint density at radius 2 is 1.85 bits per heavy atom. The summed E-state index contributed by atoms with van der Waals surface area (Å²) >= 11 is 18.8. The van der Waals surface area contributed by atoms with Crippen molar-refractivity contribution in [3.63, 3.8) is 0 Å². The summed E-state index contributed by atoms with van der Waals surface area (Å²) in [6.45, 7) is 0. The van der Waals surface area contributed by atoms with E-state index >= 15 is 0 Å². The Bertz CT molecular complexity index is 1370. The van der Waals surface area contributed by atoms with Gasteiger partial charge in [-0.2, -0.15) is 0 Å². The maximum atomic E-state index is 11.8. The summed E-state index contributed by atoms with van der Waals surface area (Å²) in [6, 6.07) is 13.3. The molecule has 4 rings (SSSR count). The number of methoxy groups -OCH3 is 1. The van der Waals surface area contributed by atoms with Crippen LogP contribution in [0.15, 0.2) is 67.5 Å². The molecule has 0 amide bonds. The smallest absolute Gasteiger partial charge is 0.342 e. The maximum absolute atomic E-state index is 11.8. The molecule has 0 aliphatic rings. The van der Waals surface area contributed by atoms with Gasteiger partial charge < -0.3 is 18.7 Å². The van der Waals surface area contributed by atoms with E-state index in [-0.39, 0.29) is 16.0 Å². The van der Waals surface area contributed by atoms with Crippen LogP contribution in [0.25, 0.3) is 28.9 Å². The molecule has 1 N–H and O–H groups in total. The van der Waals surface area contributed by atoms with E-state index < -0.39 is 5.97 Å². The molecule has 0 radical (unpaired) electrons. The number of carbonyl (C=O) groups is 1. The van der Waals surface area contributed by atoms with E-state index in [2.05, 4.69) is 10.2 Å². The summed E-state index contributed by atoms with van der Waals surface area (Å²) in [5, 5.41) is 18.8. The van der Waals surface area contributed by atoms with Gasteiger partial charge in [0.2, 0.25) is 0 Å². The number of aromatic nitrogens is 2. The molecule has 0 aliphatic carbocycles. The highest BCUT2D eigenvalue weighted by molar-refractivity contribution is 8.03. The van der Waals surface area contributed by atoms with E-state index in [4.69, 9.17) is 48.4 Å². The third kappa shape index (κ3) is 5.36. The van der Waals surface area contributed by atoms with Crippen LogP contribution in [0.5, 0.6) is 5.75 Å². The Balaban J connectivity index is 1.58. The second-order valence-corrected chi connectivity index (χ2v) is 8.71. The fourth-order valence-corrected chi connectivity index (χ4v) is 3.92. The van der Waals surface area contributed by atoms with Crippen LogP contribution in [-0.4, -0.2) is 28.4 Å². The zero-order chi connectivity index (χ0) is 23.5. The minimum atomic E-state index is -1.19. The second-order valence-electron chi connectivity index (χ2n) is 6.46. The number of thioether (sulfide) groups is 1. The van der Waals surface area contributed by atoms with E-state index in [0.29, 0.717) is 43.5 Å². The van der Waals surface area contributed by atoms with Gasteiger partial charge in [-0.15, -0.1) is 10.2 Å². The van der Waals surface area contributed by atoms with Crippen LogP contribution in [0.4, 0.5) is 0 Å². The molecule has 0 aliphatic heterocycles. The number of hydrogen-bond donors (Lipinski definition) is 1. The van der Waals surface area contributed by atoms with Gasteiger partial charge in [0.05, 0.1) is 22.7 Å². The quantitative estimate of drug-likeness (QED) is 0.201. The Labute approximate surface area is 206 Å². The first kappa shape index (κ1) is 23.3. The number of aliphatic carboxylic acids is 1. The molecule has 168 valence electrons. The summed E-state index contributed by atoms with van der Waals surface area (Å²) in [5.74, 6) is 0.257. The van der Waals surface area contributed by atoms with Gasteiger partial charge in [0.15, 0.2) is 0 Å². The lowest BCUT2D eigenvalue weighted by atomic mass is 10.2. The van der Waals surface area contributed by atoms with Crippen molar-refractivity contribution < 1.29 is 23.5 Å². The van der Waals surface area contributed by atoms with Crippen molar-refractivity contribution in [3.8, 4) is 28.5 Å². The average Bonchev–Trinajstić information content (AvgIpc) is 3.45. The van der Waals surface area contributed by atoms with E-state index in [9.17, 15) is 9.90 Å². The van der Waals surface area contributed by atoms with Gasteiger partial charge in [-0.05, 0) is 60.3 Å². The molecule has 4 aromatic rings. The third-order valence-electron chi connectivity index (χ3n) is 4.31. The number of carboxylic acids is 1. The van der Waals surface area contributed by atoms with E-state index in [1.165, 1.54) is 13.2 Å². The molecule has 0 spiro atoms. The molecule has 0 fully saturated rings. The highest BCUT2D eigenvalue weighted by Crippen LogP contribution is 2.36. The molecule has 0 atom stereocenters. The molecule has 0 saturated carbocycles. The van der Waals surface area contributed by atoms with E-state index in [1.54, 1.807) is 48.5 Å². The average molecular weight is 524 g/mol. The summed E-state index contributed by atoms with van der Waals surface area (Å²) in [5.41, 5.74) is 1.19. The Kier molecular flexibility index (Phi) is 6.99. The number of rotatable bonds is 7. The van der Waals surface area contributed by atoms with Crippen LogP contribution in [0, 0.1) is 0 Å². The van der Waals surface area contributed by atoms with Crippen molar-refractivity contribution in [2.75, 3.05) is 7.11 Å². The van der Waals surface area contributed by atoms with Crippen molar-refractivity contribution in [1.82, 2.24) is 10.2 Å². The van der Waals surface area contributed by atoms with Gasteiger partial charge in [-0.25, -0.2) is 4.79 Å². The number of nitrogens with zero attached hydrogens (tertiary/aromatic N) is 2. The molecule has 0 bridgehead atoms. The molecule has 0 saturated heterocycles. The zero-order valence-corrected chi connectivity index (χ0v) is 19.8. The highest BCUT2D eigenvalue weighted by Gasteiger charge is 2.19. The van der Waals surface area contributed by atoms with Crippen molar-refractivity contribution in [3.05, 3.63) is 74.3 Å². The zero-order valence-electron chi connectivity index (χ0n) is 16.7. The fraction of sp³-hybridized carbons (Fsp3) is 0.0455. The van der Waals surface area contributed by atoms with Crippen molar-refractivity contribution >= 4 is 58.6 Å². The minimum absolute atomic E-state index is 0.0249. The molecule has 2 aromatic carbocycles. The highest BCUT2D eigenvalue weighted by atomic mass is 35.5. The van der Waals surface area contributed by atoms with Gasteiger partial charge in [0.25, 0.3) is 11.1 Å². The molecular weight excluding hydrogens is 511 g/mol. The number of halogens is 3. The number of carboxylic acid groups (broad SMARTS) is 1. The van der Waals surface area contributed by atoms with Gasteiger partial charge >= 0.3 is 5.97 Å². The lowest BCUT2D eigenvalue weighted by Crippen LogP contribution is -1.96. The molecule has 7 nitrogen and oxygen atoms in total. The molecular formula is C22H13Cl3N2O5S. The Hall–Kier alpha value is -2.91. The normalized spacial score (nSPS) is 11.6. The van der Waals surface area contributed by atoms with Gasteiger partial charge in [-0.3, -0.25) is 0 Å². The summed E-state index contributed by atoms with van der Waals surface area (Å²) in [7, 11) is 1.50. The van der Waals surface area contributed by atoms with Crippen LogP contribution < -0.4 is 4.74 Å². The first-order chi connectivity index (χ1) is 15.8. The van der Waals surface area contributed by atoms with Crippen molar-refractivity contribution in [1.29, 1.82) is 0 Å². The van der Waals surface area contributed by atoms with Gasteiger partial charge in [0.1, 0.15) is 22.2 Å². The predicted octanol–water partition coefficient (Wildman–Crippen LogP) is 7.18. The first-order valence-electron chi connectivity index (χ1n) is 9.19. The monoisotopic (exact) mass is 522 g/mol. The number of hydrogen-bond acceptors (Lipinski definition) is 7. The summed E-state index contributed by atoms with van der Waals surface area (Å²) < 4.78 is 16.7. The van der Waals surface area contributed by atoms with Crippen LogP contribution >= 0.6 is 46.6 Å². The molecule has 33 heavy (non-hydrogen) atoms. The van der Waals surface area contributed by atoms with Crippen LogP contribution in [0.1, 0.15) is 5.76 Å². The Morgan fingerprint density at radius 3 is 2.58 bits per heavy atom. The van der Waals surface area contributed by atoms with Crippen LogP contribution in [0.2, 0.25) is 15.1 Å². The maximum Gasteiger partial charge on any atom is 0.342 e. The fourth-order valence-electron chi connectivity index (χ4n) is 2.80. The topological polar surface area (TPSA) is 98.6 Å². The van der Waals surface area contributed by atoms with Crippen molar-refractivity contribution in [2.24, 2.45) is 0 Å². The van der Waals surface area contributed by atoms with Gasteiger partial charge in [-0.1, -0.05) is 34.8 Å². The predicted molar refractivity (Wildman–Crippen MR) is 127 cm³/mol. The van der Waals surface area contributed by atoms with Crippen LogP contribution in [-0.2, 0) is 4.79 Å². The largest absolute Gasteiger partial charge is 0.496 e. The van der Waals surface area contributed by atoms with Crippen LogP contribution in [0.3, 0.4) is 0 Å².